The fourth-order valence-corrected chi connectivity index (χ4v) is 2.88. The number of carbonyl (C=O) groups is 5. The molecule has 1 aromatic carbocycles. The largest absolute Gasteiger partial charge is 0.480 e. The van der Waals surface area contributed by atoms with Crippen LogP contribution in [0.1, 0.15) is 25.8 Å². The van der Waals surface area contributed by atoms with Gasteiger partial charge in [0.2, 0.25) is 23.6 Å². The van der Waals surface area contributed by atoms with Crippen LogP contribution in [0, 0.1) is 5.92 Å². The standard InChI is InChI=1S/C21H31N5O7/c1-11(2)17(21(32)33)26-20(31)15(10-27)25-19(30)14(9-16(23)28)24-18(29)13(22)8-12-6-4-3-5-7-12/h3-7,11,13-15,17,27H,8-10,22H2,1-2H3,(H2,23,28)(H,24,29)(H,25,30)(H,26,31)(H,32,33). The minimum atomic E-state index is -1.52. The molecular weight excluding hydrogens is 434 g/mol. The molecule has 0 aliphatic rings. The average Bonchev–Trinajstić information content (AvgIpc) is 2.74. The van der Waals surface area contributed by atoms with E-state index >= 15 is 0 Å². The fraction of sp³-hybridized carbons (Fsp3) is 0.476. The summed E-state index contributed by atoms with van der Waals surface area (Å²) in [4.78, 5) is 60.2. The van der Waals surface area contributed by atoms with Crippen molar-refractivity contribution in [3.63, 3.8) is 0 Å². The lowest BCUT2D eigenvalue weighted by Gasteiger charge is -2.24. The molecule has 0 saturated heterocycles. The van der Waals surface area contributed by atoms with Gasteiger partial charge in [-0.3, -0.25) is 19.2 Å². The zero-order valence-electron chi connectivity index (χ0n) is 18.5. The molecule has 182 valence electrons. The number of aliphatic hydroxyl groups is 1. The molecule has 9 N–H and O–H groups in total. The van der Waals surface area contributed by atoms with Crippen LogP contribution < -0.4 is 27.4 Å². The topological polar surface area (TPSA) is 214 Å². The highest BCUT2D eigenvalue weighted by molar-refractivity contribution is 5.96. The number of aliphatic carboxylic acids is 1. The van der Waals surface area contributed by atoms with Gasteiger partial charge in [-0.05, 0) is 17.9 Å². The number of hydrogen-bond acceptors (Lipinski definition) is 7. The van der Waals surface area contributed by atoms with Gasteiger partial charge in [-0.1, -0.05) is 44.2 Å². The maximum Gasteiger partial charge on any atom is 0.326 e. The van der Waals surface area contributed by atoms with E-state index in [1.54, 1.807) is 44.2 Å². The molecule has 0 saturated carbocycles. The molecule has 4 unspecified atom stereocenters. The second-order valence-corrected chi connectivity index (χ2v) is 7.84. The van der Waals surface area contributed by atoms with Crippen LogP contribution in [0.15, 0.2) is 30.3 Å². The Morgan fingerprint density at radius 1 is 0.909 bits per heavy atom. The zero-order chi connectivity index (χ0) is 25.1. The van der Waals surface area contributed by atoms with Gasteiger partial charge in [-0.2, -0.15) is 0 Å². The predicted molar refractivity (Wildman–Crippen MR) is 117 cm³/mol. The number of nitrogens with one attached hydrogen (secondary N) is 3. The molecule has 1 aromatic rings. The van der Waals surface area contributed by atoms with Crippen molar-refractivity contribution in [1.82, 2.24) is 16.0 Å². The number of carbonyl (C=O) groups excluding carboxylic acids is 4. The van der Waals surface area contributed by atoms with Gasteiger partial charge in [0.1, 0.15) is 18.1 Å². The van der Waals surface area contributed by atoms with E-state index in [0.717, 1.165) is 5.56 Å². The number of aliphatic hydroxyl groups excluding tert-OH is 1. The van der Waals surface area contributed by atoms with E-state index in [9.17, 15) is 34.2 Å². The molecule has 4 atom stereocenters. The monoisotopic (exact) mass is 465 g/mol. The van der Waals surface area contributed by atoms with Gasteiger partial charge in [0, 0.05) is 0 Å². The van der Waals surface area contributed by atoms with Crippen molar-refractivity contribution < 1.29 is 34.2 Å². The van der Waals surface area contributed by atoms with Crippen LogP contribution in [0.5, 0.6) is 0 Å². The Kier molecular flexibility index (Phi) is 11.0. The first-order valence-electron chi connectivity index (χ1n) is 10.3. The van der Waals surface area contributed by atoms with Crippen molar-refractivity contribution >= 4 is 29.6 Å². The van der Waals surface area contributed by atoms with E-state index in [2.05, 4.69) is 16.0 Å². The number of benzene rings is 1. The predicted octanol–water partition coefficient (Wildman–Crippen LogP) is -2.38. The van der Waals surface area contributed by atoms with Crippen LogP contribution in [0.3, 0.4) is 0 Å². The number of amides is 4. The van der Waals surface area contributed by atoms with Crippen LogP contribution >= 0.6 is 0 Å². The van der Waals surface area contributed by atoms with Gasteiger partial charge >= 0.3 is 5.97 Å². The minimum Gasteiger partial charge on any atom is -0.480 e. The Balaban J connectivity index is 2.85. The maximum atomic E-state index is 12.6. The Labute approximate surface area is 191 Å². The molecule has 1 rings (SSSR count). The van der Waals surface area contributed by atoms with Crippen LogP contribution in [-0.2, 0) is 30.4 Å². The van der Waals surface area contributed by atoms with Crippen molar-refractivity contribution in [3.8, 4) is 0 Å². The van der Waals surface area contributed by atoms with Gasteiger partial charge in [-0.25, -0.2) is 4.79 Å². The Morgan fingerprint density at radius 3 is 1.94 bits per heavy atom. The molecule has 0 heterocycles. The third-order valence-electron chi connectivity index (χ3n) is 4.72. The second-order valence-electron chi connectivity index (χ2n) is 7.84. The second kappa shape index (κ2) is 13.1. The average molecular weight is 466 g/mol. The normalized spacial score (nSPS) is 14.5. The van der Waals surface area contributed by atoms with E-state index in [1.807, 2.05) is 0 Å². The highest BCUT2D eigenvalue weighted by atomic mass is 16.4. The van der Waals surface area contributed by atoms with Crippen molar-refractivity contribution in [3.05, 3.63) is 35.9 Å². The van der Waals surface area contributed by atoms with Crippen LogP contribution in [0.2, 0.25) is 0 Å². The lowest BCUT2D eigenvalue weighted by atomic mass is 10.0. The van der Waals surface area contributed by atoms with Crippen LogP contribution in [-0.4, -0.2) is 70.6 Å². The third kappa shape index (κ3) is 9.25. The van der Waals surface area contributed by atoms with E-state index < -0.39 is 72.7 Å². The number of carboxylic acid groups (broad SMARTS) is 1. The summed E-state index contributed by atoms with van der Waals surface area (Å²) < 4.78 is 0. The Hall–Kier alpha value is -3.51. The van der Waals surface area contributed by atoms with E-state index in [4.69, 9.17) is 11.5 Å². The molecule has 0 spiro atoms. The number of nitrogens with two attached hydrogens (primary N) is 2. The minimum absolute atomic E-state index is 0.172. The van der Waals surface area contributed by atoms with Crippen molar-refractivity contribution in [2.45, 2.75) is 50.9 Å². The molecule has 12 nitrogen and oxygen atoms in total. The molecule has 4 amide bonds. The van der Waals surface area contributed by atoms with E-state index in [0.29, 0.717) is 0 Å². The SMILES string of the molecule is CC(C)C(NC(=O)C(CO)NC(=O)C(CC(N)=O)NC(=O)C(N)Cc1ccccc1)C(=O)O. The number of primary amides is 1. The van der Waals surface area contributed by atoms with Gasteiger partial charge in [0.15, 0.2) is 0 Å². The molecule has 33 heavy (non-hydrogen) atoms. The smallest absolute Gasteiger partial charge is 0.326 e. The summed E-state index contributed by atoms with van der Waals surface area (Å²) >= 11 is 0. The van der Waals surface area contributed by atoms with Gasteiger partial charge in [0.25, 0.3) is 0 Å². The summed E-state index contributed by atoms with van der Waals surface area (Å²) in [6.07, 6.45) is -0.413. The Morgan fingerprint density at radius 2 is 1.45 bits per heavy atom. The molecule has 12 heteroatoms. The summed E-state index contributed by atoms with van der Waals surface area (Å²) in [6.45, 7) is 2.29. The first-order chi connectivity index (χ1) is 15.5. The van der Waals surface area contributed by atoms with Gasteiger partial charge in [0.05, 0.1) is 19.1 Å². The van der Waals surface area contributed by atoms with Crippen LogP contribution in [0.25, 0.3) is 0 Å². The summed E-state index contributed by atoms with van der Waals surface area (Å²) in [5.74, 6) is -5.29. The van der Waals surface area contributed by atoms with E-state index in [1.165, 1.54) is 0 Å². The molecular formula is C21H31N5O7. The molecule has 0 aromatic heterocycles. The molecule has 0 fully saturated rings. The van der Waals surface area contributed by atoms with Crippen LogP contribution in [0.4, 0.5) is 0 Å². The summed E-state index contributed by atoms with van der Waals surface area (Å²) in [7, 11) is 0. The number of rotatable bonds is 13. The molecule has 0 bridgehead atoms. The zero-order valence-corrected chi connectivity index (χ0v) is 18.5. The molecule has 0 radical (unpaired) electrons. The first kappa shape index (κ1) is 27.5. The van der Waals surface area contributed by atoms with Crippen molar-refractivity contribution in [1.29, 1.82) is 0 Å². The summed E-state index contributed by atoms with van der Waals surface area (Å²) in [5, 5.41) is 25.5. The highest BCUT2D eigenvalue weighted by Gasteiger charge is 2.31. The Bertz CT molecular complexity index is 847. The first-order valence-corrected chi connectivity index (χ1v) is 10.3. The van der Waals surface area contributed by atoms with Gasteiger partial charge < -0.3 is 37.6 Å². The van der Waals surface area contributed by atoms with Crippen molar-refractivity contribution in [2.75, 3.05) is 6.61 Å². The van der Waals surface area contributed by atoms with Crippen molar-refractivity contribution in [2.24, 2.45) is 17.4 Å². The maximum absolute atomic E-state index is 12.6. The lowest BCUT2D eigenvalue weighted by Crippen LogP contribution is -2.59. The highest BCUT2D eigenvalue weighted by Crippen LogP contribution is 2.04. The number of hydrogen-bond donors (Lipinski definition) is 7. The van der Waals surface area contributed by atoms with E-state index in [-0.39, 0.29) is 6.42 Å². The van der Waals surface area contributed by atoms with Gasteiger partial charge in [-0.15, -0.1) is 0 Å². The number of carboxylic acids is 1. The third-order valence-corrected chi connectivity index (χ3v) is 4.72. The lowest BCUT2D eigenvalue weighted by molar-refractivity contribution is -0.144. The molecule has 0 aliphatic carbocycles. The quantitative estimate of drug-likeness (QED) is 0.167. The fourth-order valence-electron chi connectivity index (χ4n) is 2.88. The summed E-state index contributed by atoms with van der Waals surface area (Å²) in [6, 6.07) is 3.63. The summed E-state index contributed by atoms with van der Waals surface area (Å²) in [5.41, 5.74) is 11.8. The molecule has 0 aliphatic heterocycles.